The highest BCUT2D eigenvalue weighted by molar-refractivity contribution is 5.76. The molecule has 66 heavy (non-hydrogen) atoms. The van der Waals surface area contributed by atoms with E-state index in [1.54, 1.807) is 0 Å². The van der Waals surface area contributed by atoms with Crippen molar-refractivity contribution < 1.29 is 139 Å². The predicted octanol–water partition coefficient (Wildman–Crippen LogP) is -11.8. The van der Waals surface area contributed by atoms with Crippen molar-refractivity contribution in [1.82, 2.24) is 10.6 Å². The summed E-state index contributed by atoms with van der Waals surface area (Å²) in [6.45, 7) is -3.31. The Labute approximate surface area is 373 Å². The van der Waals surface area contributed by atoms with Crippen LogP contribution in [0.4, 0.5) is 0 Å². The highest BCUT2D eigenvalue weighted by Crippen LogP contribution is 2.40. The van der Waals surface area contributed by atoms with E-state index in [0.717, 1.165) is 13.8 Å². The summed E-state index contributed by atoms with van der Waals surface area (Å²) in [5.41, 5.74) is 0. The van der Waals surface area contributed by atoms with Crippen molar-refractivity contribution in [2.75, 3.05) is 33.0 Å². The molecule has 25 atom stereocenters. The van der Waals surface area contributed by atoms with Gasteiger partial charge >= 0.3 is 5.97 Å². The Morgan fingerprint density at radius 2 is 1.08 bits per heavy atom. The highest BCUT2D eigenvalue weighted by atomic mass is 16.8. The van der Waals surface area contributed by atoms with Gasteiger partial charge in [0, 0.05) is 20.3 Å². The third-order valence-corrected chi connectivity index (χ3v) is 11.7. The van der Waals surface area contributed by atoms with Crippen LogP contribution in [0.3, 0.4) is 0 Å². The van der Waals surface area contributed by atoms with Gasteiger partial charge in [-0.1, -0.05) is 0 Å². The zero-order valence-corrected chi connectivity index (χ0v) is 35.2. The first-order chi connectivity index (χ1) is 31.1. The van der Waals surface area contributed by atoms with Crippen molar-refractivity contribution in [3.63, 3.8) is 0 Å². The second-order valence-electron chi connectivity index (χ2n) is 16.4. The van der Waals surface area contributed by atoms with Gasteiger partial charge in [-0.15, -0.1) is 0 Å². The Morgan fingerprint density at radius 3 is 1.64 bits per heavy atom. The molecular formula is C36H60N2O28. The van der Waals surface area contributed by atoms with Crippen LogP contribution in [0.2, 0.25) is 0 Å². The van der Waals surface area contributed by atoms with Crippen LogP contribution < -0.4 is 10.6 Å². The molecule has 0 aromatic heterocycles. The van der Waals surface area contributed by atoms with E-state index < -0.39 is 210 Å². The summed E-state index contributed by atoms with van der Waals surface area (Å²) in [5.74, 6) is -7.00. The standard InChI is InChI=1S/C36H60N2O28/c1-9(44)37-17-11(46)3-36(35(56)57,65-26(17)12(47)4-39)66-30-25(54)34(62-27-15(7-42)58-31(55)23(52)22(27)51)61-16(8-43)28(30)63-32-18(38-10(2)45)29(20(49)14(6-41)59-32)64-33-24(53)21(50)19(48)13(5-40)60-33/h11-34,39-43,46-55H,3-8H2,1-2H3,(H,37,44)(H,38,45)(H,56,57)/t11-,12+,13+,14+,15+,16+,17+,18+,19-,20-,21-,22+,23+,24+,25+,26-,27+,28-,29+,30+,31+,32-,33-,34-,36-/m0/s1. The molecule has 0 spiro atoms. The van der Waals surface area contributed by atoms with Gasteiger partial charge in [0.05, 0.1) is 45.2 Å². The third-order valence-electron chi connectivity index (χ3n) is 11.7. The third kappa shape index (κ3) is 11.4. The summed E-state index contributed by atoms with van der Waals surface area (Å²) in [6.07, 6.45) is -45.3. The lowest BCUT2D eigenvalue weighted by Crippen LogP contribution is -2.72. The van der Waals surface area contributed by atoms with Crippen LogP contribution in [0.25, 0.3) is 0 Å². The van der Waals surface area contributed by atoms with Crippen LogP contribution in [-0.2, 0) is 57.0 Å². The van der Waals surface area contributed by atoms with Crippen molar-refractivity contribution in [2.45, 2.75) is 173 Å². The van der Waals surface area contributed by atoms with Crippen molar-refractivity contribution in [2.24, 2.45) is 0 Å². The summed E-state index contributed by atoms with van der Waals surface area (Å²) in [7, 11) is 0. The van der Waals surface area contributed by atoms with Gasteiger partial charge in [0.15, 0.2) is 25.2 Å². The molecule has 0 unspecified atom stereocenters. The van der Waals surface area contributed by atoms with Gasteiger partial charge in [0.2, 0.25) is 11.8 Å². The van der Waals surface area contributed by atoms with Crippen LogP contribution in [-0.4, -0.2) is 285 Å². The molecule has 5 saturated heterocycles. The molecule has 18 N–H and O–H groups in total. The van der Waals surface area contributed by atoms with Gasteiger partial charge in [-0.3, -0.25) is 9.59 Å². The SMILES string of the molecule is CC(=O)N[C@H]1[C@H](O[C@@H]2[C@H](O[C@]3(C(=O)O)C[C@H](O)[C@@H](NC(C)=O)[C@H]([C@H](O)CO)O3)[C@@H](O)[C@H](O[C@H]3[C@H](O)[C@@H](O)[C@H](O)O[C@@H]3CO)O[C@@H]2CO)O[C@H](CO)[C@H](O)[C@@H]1O[C@@H]1O[C@H](CO)[C@H](O)[C@H](O)[C@H]1O. The lowest BCUT2D eigenvalue weighted by molar-refractivity contribution is -0.402. The molecule has 5 rings (SSSR count). The van der Waals surface area contributed by atoms with Crippen molar-refractivity contribution >= 4 is 17.8 Å². The number of aliphatic hydroxyl groups is 15. The molecule has 382 valence electrons. The first-order valence-corrected chi connectivity index (χ1v) is 20.6. The van der Waals surface area contributed by atoms with Crippen LogP contribution in [0.15, 0.2) is 0 Å². The molecule has 0 aliphatic carbocycles. The summed E-state index contributed by atoms with van der Waals surface area (Å²) in [4.78, 5) is 38.1. The van der Waals surface area contributed by atoms with Crippen molar-refractivity contribution in [3.05, 3.63) is 0 Å². The molecule has 30 nitrogen and oxygen atoms in total. The molecule has 5 fully saturated rings. The van der Waals surface area contributed by atoms with Crippen LogP contribution in [0.5, 0.6) is 0 Å². The maximum absolute atomic E-state index is 13.3. The number of amides is 2. The van der Waals surface area contributed by atoms with E-state index in [4.69, 9.17) is 42.6 Å². The van der Waals surface area contributed by atoms with Crippen LogP contribution in [0, 0.1) is 0 Å². The lowest BCUT2D eigenvalue weighted by atomic mass is 9.89. The molecule has 2 amide bonds. The van der Waals surface area contributed by atoms with Crippen molar-refractivity contribution in [1.29, 1.82) is 0 Å². The van der Waals surface area contributed by atoms with E-state index >= 15 is 0 Å². The summed E-state index contributed by atoms with van der Waals surface area (Å²) >= 11 is 0. The fourth-order valence-electron chi connectivity index (χ4n) is 8.35. The zero-order valence-electron chi connectivity index (χ0n) is 35.2. The smallest absolute Gasteiger partial charge is 0.364 e. The monoisotopic (exact) mass is 968 g/mol. The molecular weight excluding hydrogens is 908 g/mol. The predicted molar refractivity (Wildman–Crippen MR) is 201 cm³/mol. The van der Waals surface area contributed by atoms with Crippen molar-refractivity contribution in [3.8, 4) is 0 Å². The molecule has 5 heterocycles. The topological polar surface area (TPSA) is 482 Å². The fourth-order valence-corrected chi connectivity index (χ4v) is 8.35. The molecule has 0 bridgehead atoms. The Morgan fingerprint density at radius 1 is 0.576 bits per heavy atom. The summed E-state index contributed by atoms with van der Waals surface area (Å²) < 4.78 is 51.6. The number of aliphatic carboxylic acids is 1. The number of aliphatic hydroxyl groups excluding tert-OH is 15. The minimum absolute atomic E-state index is 0.797. The number of carbonyl (C=O) groups excluding carboxylic acids is 2. The fraction of sp³-hybridized carbons (Fsp3) is 0.917. The summed E-state index contributed by atoms with van der Waals surface area (Å²) in [6, 6.07) is -3.44. The Kier molecular flexibility index (Phi) is 18.9. The number of nitrogens with one attached hydrogen (secondary N) is 2. The number of ether oxygens (including phenoxy) is 9. The van der Waals surface area contributed by atoms with Gasteiger partial charge in [0.1, 0.15) is 110 Å². The second kappa shape index (κ2) is 22.9. The highest BCUT2D eigenvalue weighted by Gasteiger charge is 2.61. The van der Waals surface area contributed by atoms with Gasteiger partial charge in [-0.25, -0.2) is 4.79 Å². The number of hydrogen-bond acceptors (Lipinski definition) is 27. The van der Waals surface area contributed by atoms with Gasteiger partial charge in [-0.05, 0) is 0 Å². The minimum Gasteiger partial charge on any atom is -0.477 e. The van der Waals surface area contributed by atoms with Gasteiger partial charge in [-0.2, -0.15) is 0 Å². The normalized spacial score (nSPS) is 47.1. The minimum atomic E-state index is -3.23. The van der Waals surface area contributed by atoms with E-state index in [1.807, 2.05) is 0 Å². The average Bonchev–Trinajstić information content (AvgIpc) is 3.27. The molecule has 5 aliphatic heterocycles. The largest absolute Gasteiger partial charge is 0.477 e. The van der Waals surface area contributed by atoms with E-state index in [9.17, 15) is 96.1 Å². The van der Waals surface area contributed by atoms with Gasteiger partial charge in [0.25, 0.3) is 5.79 Å². The first kappa shape index (κ1) is 54.4. The van der Waals surface area contributed by atoms with Crippen LogP contribution >= 0.6 is 0 Å². The summed E-state index contributed by atoms with van der Waals surface area (Å²) in [5, 5.41) is 174. The molecule has 0 saturated carbocycles. The number of carboxylic acid groups (broad SMARTS) is 1. The maximum Gasteiger partial charge on any atom is 0.364 e. The molecule has 0 aromatic carbocycles. The number of rotatable bonds is 17. The van der Waals surface area contributed by atoms with Gasteiger partial charge < -0.3 is 135 Å². The average molecular weight is 969 g/mol. The Balaban J connectivity index is 1.59. The maximum atomic E-state index is 13.3. The van der Waals surface area contributed by atoms with E-state index in [0.29, 0.717) is 0 Å². The lowest BCUT2D eigenvalue weighted by Gasteiger charge is -2.52. The zero-order chi connectivity index (χ0) is 49.1. The Bertz CT molecular complexity index is 1600. The first-order valence-electron chi connectivity index (χ1n) is 20.6. The number of hydrogen-bond donors (Lipinski definition) is 18. The molecule has 5 aliphatic rings. The van der Waals surface area contributed by atoms with E-state index in [1.165, 1.54) is 0 Å². The number of carboxylic acids is 1. The van der Waals surface area contributed by atoms with Crippen LogP contribution in [0.1, 0.15) is 20.3 Å². The second-order valence-corrected chi connectivity index (χ2v) is 16.4. The van der Waals surface area contributed by atoms with E-state index in [2.05, 4.69) is 10.6 Å². The molecule has 0 aromatic rings. The molecule has 30 heteroatoms. The number of carbonyl (C=O) groups is 3. The van der Waals surface area contributed by atoms with E-state index in [-0.39, 0.29) is 0 Å². The quantitative estimate of drug-likeness (QED) is 0.0643. The Hall–Kier alpha value is -2.55. The molecule has 0 radical (unpaired) electrons.